The van der Waals surface area contributed by atoms with Crippen molar-refractivity contribution in [1.29, 1.82) is 0 Å². The van der Waals surface area contributed by atoms with Crippen molar-refractivity contribution in [1.82, 2.24) is 9.97 Å². The van der Waals surface area contributed by atoms with Gasteiger partial charge in [0.2, 0.25) is 0 Å². The van der Waals surface area contributed by atoms with Crippen molar-refractivity contribution in [3.63, 3.8) is 0 Å². The van der Waals surface area contributed by atoms with Gasteiger partial charge in [0.05, 0.1) is 11.4 Å². The summed E-state index contributed by atoms with van der Waals surface area (Å²) in [6.45, 7) is 0. The highest BCUT2D eigenvalue weighted by molar-refractivity contribution is 6.12. The first kappa shape index (κ1) is 26.7. The summed E-state index contributed by atoms with van der Waals surface area (Å²) < 4.78 is 12.6. The van der Waals surface area contributed by atoms with Crippen molar-refractivity contribution in [3.05, 3.63) is 158 Å². The zero-order valence-corrected chi connectivity index (χ0v) is 25.7. The first-order chi connectivity index (χ1) is 23.8. The van der Waals surface area contributed by atoms with E-state index < -0.39 is 0 Å². The molecule has 2 aromatic heterocycles. The van der Waals surface area contributed by atoms with Crippen LogP contribution in [0.1, 0.15) is 0 Å². The number of fused-ring (bicyclic) bond motifs is 5. The molecule has 0 radical (unpaired) electrons. The molecule has 0 atom stereocenters. The van der Waals surface area contributed by atoms with Gasteiger partial charge in [0.15, 0.2) is 5.82 Å². The molecule has 1 aliphatic rings. The van der Waals surface area contributed by atoms with Crippen LogP contribution in [0.4, 0.5) is 0 Å². The van der Waals surface area contributed by atoms with Gasteiger partial charge >= 0.3 is 0 Å². The lowest BCUT2D eigenvalue weighted by Crippen LogP contribution is -1.97. The third-order valence-electron chi connectivity index (χ3n) is 9.31. The van der Waals surface area contributed by atoms with E-state index in [9.17, 15) is 0 Å². The Morgan fingerprint density at radius 3 is 2.00 bits per heavy atom. The van der Waals surface area contributed by atoms with Crippen molar-refractivity contribution < 1.29 is 9.15 Å². The lowest BCUT2D eigenvalue weighted by molar-refractivity contribution is 0.487. The highest BCUT2D eigenvalue weighted by Crippen LogP contribution is 2.47. The van der Waals surface area contributed by atoms with Gasteiger partial charge < -0.3 is 9.15 Å². The molecule has 0 N–H and O–H groups in total. The highest BCUT2D eigenvalue weighted by Gasteiger charge is 2.21. The lowest BCUT2D eigenvalue weighted by Gasteiger charge is -2.22. The summed E-state index contributed by atoms with van der Waals surface area (Å²) in [5, 5.41) is 4.47. The Kier molecular flexibility index (Phi) is 5.84. The summed E-state index contributed by atoms with van der Waals surface area (Å²) in [5.74, 6) is 2.47. The highest BCUT2D eigenvalue weighted by atomic mass is 16.5. The van der Waals surface area contributed by atoms with Crippen molar-refractivity contribution in [2.45, 2.75) is 0 Å². The van der Waals surface area contributed by atoms with Gasteiger partial charge in [-0.05, 0) is 58.5 Å². The number of furan rings is 1. The summed E-state index contributed by atoms with van der Waals surface area (Å²) in [5.41, 5.74) is 11.0. The van der Waals surface area contributed by atoms with Crippen LogP contribution in [0.2, 0.25) is 0 Å². The van der Waals surface area contributed by atoms with Crippen LogP contribution in [0.5, 0.6) is 11.5 Å². The van der Waals surface area contributed by atoms with Crippen LogP contribution in [-0.4, -0.2) is 9.97 Å². The molecule has 1 aliphatic heterocycles. The van der Waals surface area contributed by atoms with E-state index in [2.05, 4.69) is 97.1 Å². The van der Waals surface area contributed by atoms with Gasteiger partial charge in [-0.15, -0.1) is 0 Å². The van der Waals surface area contributed by atoms with E-state index in [0.717, 1.165) is 83.6 Å². The van der Waals surface area contributed by atoms with Gasteiger partial charge in [-0.1, -0.05) is 121 Å². The standard InChI is InChI=1S/C44H26N2O2/c1-2-9-30(10-3-1)44-45-36(26-37(46-44)33-15-8-18-41-43(33)34-13-4-5-16-38(34)47-41)28-21-19-27(20-22-28)31-23-24-39-35(25-31)32-14-6-11-29-12-7-17-40(48-39)42(29)32/h1-26H. The normalized spacial score (nSPS) is 11.9. The molecule has 0 spiro atoms. The maximum Gasteiger partial charge on any atom is 0.160 e. The number of ether oxygens (including phenoxy) is 1. The number of hydrogen-bond acceptors (Lipinski definition) is 4. The number of benzene rings is 7. The quantitative estimate of drug-likeness (QED) is 0.198. The lowest BCUT2D eigenvalue weighted by atomic mass is 9.92. The van der Waals surface area contributed by atoms with Crippen LogP contribution in [0.3, 0.4) is 0 Å². The molecule has 0 unspecified atom stereocenters. The zero-order chi connectivity index (χ0) is 31.6. The Hall–Kier alpha value is -6.52. The minimum absolute atomic E-state index is 0.682. The van der Waals surface area contributed by atoms with E-state index in [1.165, 1.54) is 10.9 Å². The predicted molar refractivity (Wildman–Crippen MR) is 194 cm³/mol. The topological polar surface area (TPSA) is 48.2 Å². The molecule has 224 valence electrons. The smallest absolute Gasteiger partial charge is 0.160 e. The maximum absolute atomic E-state index is 6.34. The Morgan fingerprint density at radius 1 is 0.396 bits per heavy atom. The maximum atomic E-state index is 6.34. The number of nitrogens with zero attached hydrogens (tertiary/aromatic N) is 2. The van der Waals surface area contributed by atoms with E-state index in [1.54, 1.807) is 0 Å². The number of rotatable bonds is 4. The Labute approximate surface area is 276 Å². The van der Waals surface area contributed by atoms with Crippen molar-refractivity contribution in [2.75, 3.05) is 0 Å². The molecule has 0 bridgehead atoms. The summed E-state index contributed by atoms with van der Waals surface area (Å²) in [6, 6.07) is 54.3. The molecule has 3 heterocycles. The van der Waals surface area contributed by atoms with Crippen LogP contribution >= 0.6 is 0 Å². The van der Waals surface area contributed by atoms with Gasteiger partial charge in [0.25, 0.3) is 0 Å². The van der Waals surface area contributed by atoms with Gasteiger partial charge in [-0.3, -0.25) is 0 Å². The average Bonchev–Trinajstić information content (AvgIpc) is 3.54. The van der Waals surface area contributed by atoms with E-state index in [-0.39, 0.29) is 0 Å². The molecule has 0 aliphatic carbocycles. The first-order valence-corrected chi connectivity index (χ1v) is 16.1. The Morgan fingerprint density at radius 2 is 1.10 bits per heavy atom. The van der Waals surface area contributed by atoms with Gasteiger partial charge in [0, 0.05) is 38.4 Å². The van der Waals surface area contributed by atoms with Crippen LogP contribution in [0.15, 0.2) is 162 Å². The Balaban J connectivity index is 1.08. The summed E-state index contributed by atoms with van der Waals surface area (Å²) in [6.07, 6.45) is 0. The molecule has 4 heteroatoms. The molecule has 10 rings (SSSR count). The fraction of sp³-hybridized carbons (Fsp3) is 0. The molecule has 0 fully saturated rings. The van der Waals surface area contributed by atoms with E-state index in [1.807, 2.05) is 60.7 Å². The molecule has 0 saturated heterocycles. The minimum Gasteiger partial charge on any atom is -0.456 e. The van der Waals surface area contributed by atoms with Crippen LogP contribution in [0, 0.1) is 0 Å². The molecule has 7 aromatic carbocycles. The van der Waals surface area contributed by atoms with Crippen LogP contribution in [0.25, 0.3) is 88.9 Å². The second-order valence-electron chi connectivity index (χ2n) is 12.2. The minimum atomic E-state index is 0.682. The number of hydrogen-bond donors (Lipinski definition) is 0. The summed E-state index contributed by atoms with van der Waals surface area (Å²) in [7, 11) is 0. The number of aromatic nitrogens is 2. The van der Waals surface area contributed by atoms with E-state index in [4.69, 9.17) is 19.1 Å². The number of para-hydroxylation sites is 1. The van der Waals surface area contributed by atoms with Crippen molar-refractivity contribution in [2.24, 2.45) is 0 Å². The van der Waals surface area contributed by atoms with Gasteiger partial charge in [-0.2, -0.15) is 0 Å². The van der Waals surface area contributed by atoms with Crippen LogP contribution < -0.4 is 4.74 Å². The molecule has 48 heavy (non-hydrogen) atoms. The molecule has 0 amide bonds. The third kappa shape index (κ3) is 4.24. The summed E-state index contributed by atoms with van der Waals surface area (Å²) in [4.78, 5) is 10.2. The van der Waals surface area contributed by atoms with Gasteiger partial charge in [-0.25, -0.2) is 9.97 Å². The van der Waals surface area contributed by atoms with E-state index >= 15 is 0 Å². The van der Waals surface area contributed by atoms with Crippen molar-refractivity contribution in [3.8, 4) is 67.7 Å². The second kappa shape index (κ2) is 10.5. The SMILES string of the molecule is c1ccc(-c2nc(-c3ccc(-c4ccc5c(c4)-c4cccc6cccc(c46)O5)cc3)cc(-c3cccc4oc5ccccc5c34)n2)cc1. The molecule has 9 aromatic rings. The molecular weight excluding hydrogens is 588 g/mol. The average molecular weight is 615 g/mol. The molecule has 0 saturated carbocycles. The Bertz CT molecular complexity index is 2690. The largest absolute Gasteiger partial charge is 0.456 e. The van der Waals surface area contributed by atoms with Gasteiger partial charge in [0.1, 0.15) is 22.7 Å². The second-order valence-corrected chi connectivity index (χ2v) is 12.2. The van der Waals surface area contributed by atoms with E-state index in [0.29, 0.717) is 5.82 Å². The summed E-state index contributed by atoms with van der Waals surface area (Å²) >= 11 is 0. The zero-order valence-electron chi connectivity index (χ0n) is 25.7. The molecular formula is C44H26N2O2. The fourth-order valence-electron chi connectivity index (χ4n) is 7.01. The van der Waals surface area contributed by atoms with Crippen molar-refractivity contribution >= 4 is 32.7 Å². The third-order valence-corrected chi connectivity index (χ3v) is 9.31. The molecule has 4 nitrogen and oxygen atoms in total. The first-order valence-electron chi connectivity index (χ1n) is 16.1. The predicted octanol–water partition coefficient (Wildman–Crippen LogP) is 12.0. The van der Waals surface area contributed by atoms with Crippen LogP contribution in [-0.2, 0) is 0 Å². The monoisotopic (exact) mass is 614 g/mol. The fourth-order valence-corrected chi connectivity index (χ4v) is 7.01.